The van der Waals surface area contributed by atoms with Gasteiger partial charge in [-0.25, -0.2) is 0 Å². The van der Waals surface area contributed by atoms with E-state index in [9.17, 15) is 0 Å². The summed E-state index contributed by atoms with van der Waals surface area (Å²) < 4.78 is 0. The molecule has 0 saturated carbocycles. The van der Waals surface area contributed by atoms with E-state index >= 15 is 0 Å². The highest BCUT2D eigenvalue weighted by Gasteiger charge is 2.34. The molecular weight excluding hydrogens is 232 g/mol. The molecule has 0 amide bonds. The van der Waals surface area contributed by atoms with Gasteiger partial charge in [-0.15, -0.1) is 0 Å². The minimum absolute atomic E-state index is 0.469. The van der Waals surface area contributed by atoms with Gasteiger partial charge in [0.25, 0.3) is 0 Å². The molecule has 3 fully saturated rings. The number of nitrogens with one attached hydrogen (secondary N) is 1. The minimum atomic E-state index is 0.469. The molecule has 2 unspecified atom stereocenters. The first kappa shape index (κ1) is 13.1. The summed E-state index contributed by atoms with van der Waals surface area (Å²) in [5.41, 5.74) is 2.85. The molecule has 3 aliphatic rings. The van der Waals surface area contributed by atoms with Gasteiger partial charge in [0.1, 0.15) is 0 Å². The molecule has 4 rings (SSSR count). The summed E-state index contributed by atoms with van der Waals surface area (Å²) in [5, 5.41) is 3.86. The quantitative estimate of drug-likeness (QED) is 0.893. The highest BCUT2D eigenvalue weighted by atomic mass is 15.2. The maximum Gasteiger partial charge on any atom is 0.0295 e. The molecular formula is C17H26N2. The zero-order valence-corrected chi connectivity index (χ0v) is 12.2. The molecule has 3 heterocycles. The van der Waals surface area contributed by atoms with Crippen molar-refractivity contribution in [2.45, 2.75) is 45.2 Å². The molecule has 104 valence electrons. The van der Waals surface area contributed by atoms with Crippen molar-refractivity contribution >= 4 is 0 Å². The van der Waals surface area contributed by atoms with E-state index in [1.165, 1.54) is 43.6 Å². The van der Waals surface area contributed by atoms with Gasteiger partial charge < -0.3 is 10.2 Å². The van der Waals surface area contributed by atoms with Gasteiger partial charge >= 0.3 is 0 Å². The molecule has 0 aliphatic carbocycles. The number of fused-ring (bicyclic) bond motifs is 3. The second-order valence-electron chi connectivity index (χ2n) is 6.23. The fraction of sp³-hybridized carbons (Fsp3) is 0.647. The summed E-state index contributed by atoms with van der Waals surface area (Å²) in [6, 6.07) is 10.3. The number of hydrogen-bond donors (Lipinski definition) is 1. The first-order valence-corrected chi connectivity index (χ1v) is 7.83. The summed E-state index contributed by atoms with van der Waals surface area (Å²) in [5.74, 6) is 0.905. The van der Waals surface area contributed by atoms with Crippen molar-refractivity contribution in [3.8, 4) is 0 Å². The van der Waals surface area contributed by atoms with Crippen molar-refractivity contribution in [1.29, 1.82) is 0 Å². The van der Waals surface area contributed by atoms with E-state index < -0.39 is 0 Å². The van der Waals surface area contributed by atoms with Crippen LogP contribution in [0.3, 0.4) is 0 Å². The van der Waals surface area contributed by atoms with Gasteiger partial charge in [-0.05, 0) is 56.3 Å². The second-order valence-corrected chi connectivity index (χ2v) is 6.23. The van der Waals surface area contributed by atoms with Gasteiger partial charge in [-0.2, -0.15) is 0 Å². The zero-order valence-electron chi connectivity index (χ0n) is 12.2. The maximum atomic E-state index is 3.86. The van der Waals surface area contributed by atoms with Crippen LogP contribution < -0.4 is 5.32 Å². The Hall–Kier alpha value is -0.860. The van der Waals surface area contributed by atoms with Gasteiger partial charge in [0.2, 0.25) is 0 Å². The van der Waals surface area contributed by atoms with Crippen LogP contribution in [0.5, 0.6) is 0 Å². The predicted octanol–water partition coefficient (Wildman–Crippen LogP) is 2.99. The lowest BCUT2D eigenvalue weighted by atomic mass is 9.83. The van der Waals surface area contributed by atoms with Crippen molar-refractivity contribution in [2.24, 2.45) is 5.92 Å². The van der Waals surface area contributed by atoms with Crippen LogP contribution in [0.15, 0.2) is 24.3 Å². The predicted molar refractivity (Wildman–Crippen MR) is 80.3 cm³/mol. The van der Waals surface area contributed by atoms with E-state index in [2.05, 4.69) is 48.3 Å². The number of nitrogens with zero attached hydrogens (tertiary/aromatic N) is 1. The number of piperidine rings is 3. The van der Waals surface area contributed by atoms with E-state index in [0.29, 0.717) is 12.1 Å². The Labute approximate surface area is 117 Å². The molecule has 0 spiro atoms. The minimum Gasteiger partial charge on any atom is -0.306 e. The van der Waals surface area contributed by atoms with Crippen molar-refractivity contribution in [3.05, 3.63) is 35.4 Å². The highest BCUT2D eigenvalue weighted by Crippen LogP contribution is 2.29. The SMILES string of the molecule is CCc1ccc(C(C)NC2CN3CCC2CC3)cc1. The smallest absolute Gasteiger partial charge is 0.0295 e. The molecule has 2 heteroatoms. The molecule has 2 atom stereocenters. The van der Waals surface area contributed by atoms with E-state index in [-0.39, 0.29) is 0 Å². The summed E-state index contributed by atoms with van der Waals surface area (Å²) in [6.07, 6.45) is 3.90. The number of hydrogen-bond acceptors (Lipinski definition) is 2. The van der Waals surface area contributed by atoms with Crippen molar-refractivity contribution in [2.75, 3.05) is 19.6 Å². The topological polar surface area (TPSA) is 15.3 Å². The third kappa shape index (κ3) is 2.85. The van der Waals surface area contributed by atoms with Gasteiger partial charge in [0.15, 0.2) is 0 Å². The van der Waals surface area contributed by atoms with Crippen LogP contribution in [0.1, 0.15) is 43.9 Å². The van der Waals surface area contributed by atoms with Crippen LogP contribution in [0.2, 0.25) is 0 Å². The Morgan fingerprint density at radius 1 is 1.21 bits per heavy atom. The Bertz CT molecular complexity index is 404. The Morgan fingerprint density at radius 3 is 2.42 bits per heavy atom. The number of aryl methyl sites for hydroxylation is 1. The molecule has 1 N–H and O–H groups in total. The summed E-state index contributed by atoms with van der Waals surface area (Å²) >= 11 is 0. The van der Waals surface area contributed by atoms with E-state index in [1.54, 1.807) is 0 Å². The first-order valence-electron chi connectivity index (χ1n) is 7.83. The van der Waals surface area contributed by atoms with Crippen molar-refractivity contribution in [3.63, 3.8) is 0 Å². The van der Waals surface area contributed by atoms with Gasteiger partial charge in [0.05, 0.1) is 0 Å². The van der Waals surface area contributed by atoms with Crippen molar-refractivity contribution in [1.82, 2.24) is 10.2 Å². The largest absolute Gasteiger partial charge is 0.306 e. The molecule has 0 aromatic heterocycles. The second kappa shape index (κ2) is 5.64. The average molecular weight is 258 g/mol. The Kier molecular flexibility index (Phi) is 3.90. The average Bonchev–Trinajstić information content (AvgIpc) is 2.48. The van der Waals surface area contributed by atoms with Crippen LogP contribution in [-0.2, 0) is 6.42 Å². The Morgan fingerprint density at radius 2 is 1.89 bits per heavy atom. The first-order chi connectivity index (χ1) is 9.26. The summed E-state index contributed by atoms with van der Waals surface area (Å²) in [6.45, 7) is 8.41. The van der Waals surface area contributed by atoms with Crippen LogP contribution in [0, 0.1) is 5.92 Å². The summed E-state index contributed by atoms with van der Waals surface area (Å²) in [4.78, 5) is 2.62. The highest BCUT2D eigenvalue weighted by molar-refractivity contribution is 5.24. The summed E-state index contributed by atoms with van der Waals surface area (Å²) in [7, 11) is 0. The van der Waals surface area contributed by atoms with Gasteiger partial charge in [-0.3, -0.25) is 0 Å². The van der Waals surface area contributed by atoms with E-state index in [0.717, 1.165) is 12.3 Å². The lowest BCUT2D eigenvalue weighted by Gasteiger charge is -2.46. The van der Waals surface area contributed by atoms with E-state index in [4.69, 9.17) is 0 Å². The third-order valence-electron chi connectivity index (χ3n) is 5.01. The molecule has 0 radical (unpaired) electrons. The molecule has 3 aliphatic heterocycles. The van der Waals surface area contributed by atoms with Crippen LogP contribution in [0.25, 0.3) is 0 Å². The van der Waals surface area contributed by atoms with E-state index in [1.807, 2.05) is 0 Å². The van der Waals surface area contributed by atoms with Crippen LogP contribution in [-0.4, -0.2) is 30.6 Å². The lowest BCUT2D eigenvalue weighted by molar-refractivity contribution is 0.0680. The number of rotatable bonds is 4. The van der Waals surface area contributed by atoms with Crippen LogP contribution in [0.4, 0.5) is 0 Å². The standard InChI is InChI=1S/C17H26N2/c1-3-14-4-6-15(7-5-14)13(2)18-17-12-19-10-8-16(17)9-11-19/h4-7,13,16-18H,3,8-12H2,1-2H3. The molecule has 2 nitrogen and oxygen atoms in total. The molecule has 1 aromatic carbocycles. The third-order valence-corrected chi connectivity index (χ3v) is 5.01. The monoisotopic (exact) mass is 258 g/mol. The fourth-order valence-electron chi connectivity index (χ4n) is 3.61. The van der Waals surface area contributed by atoms with Crippen molar-refractivity contribution < 1.29 is 0 Å². The molecule has 2 bridgehead atoms. The van der Waals surface area contributed by atoms with Crippen LogP contribution >= 0.6 is 0 Å². The fourth-order valence-corrected chi connectivity index (χ4v) is 3.61. The maximum absolute atomic E-state index is 3.86. The van der Waals surface area contributed by atoms with Gasteiger partial charge in [-0.1, -0.05) is 31.2 Å². The Balaban J connectivity index is 1.62. The number of benzene rings is 1. The zero-order chi connectivity index (χ0) is 13.2. The van der Waals surface area contributed by atoms with Gasteiger partial charge in [0, 0.05) is 18.6 Å². The molecule has 3 saturated heterocycles. The normalized spacial score (nSPS) is 31.4. The molecule has 19 heavy (non-hydrogen) atoms. The lowest BCUT2D eigenvalue weighted by Crippen LogP contribution is -2.56. The molecule has 1 aromatic rings.